The molecular formula is C29H32FN5O3. The number of carbonyl (C=O) groups excluding carboxylic acids is 1. The highest BCUT2D eigenvalue weighted by atomic mass is 19.1. The van der Waals surface area contributed by atoms with Gasteiger partial charge in [0.1, 0.15) is 17.2 Å². The third-order valence-electron chi connectivity index (χ3n) is 7.23. The molecule has 38 heavy (non-hydrogen) atoms. The lowest BCUT2D eigenvalue weighted by Crippen LogP contribution is -2.41. The fraction of sp³-hybridized carbons (Fsp3) is 0.345. The first-order valence-corrected chi connectivity index (χ1v) is 12.7. The summed E-state index contributed by atoms with van der Waals surface area (Å²) in [5, 5.41) is 13.3. The second-order valence-electron chi connectivity index (χ2n) is 10.8. The van der Waals surface area contributed by atoms with Gasteiger partial charge in [0.25, 0.3) is 11.5 Å². The van der Waals surface area contributed by atoms with Crippen molar-refractivity contribution in [3.05, 3.63) is 87.6 Å². The summed E-state index contributed by atoms with van der Waals surface area (Å²) in [6.07, 6.45) is 9.42. The van der Waals surface area contributed by atoms with E-state index in [4.69, 9.17) is 0 Å². The van der Waals surface area contributed by atoms with Gasteiger partial charge in [0.2, 0.25) is 0 Å². The van der Waals surface area contributed by atoms with Crippen LogP contribution in [0.3, 0.4) is 0 Å². The van der Waals surface area contributed by atoms with E-state index in [0.717, 1.165) is 12.8 Å². The number of fused-ring (bicyclic) bond motifs is 3. The lowest BCUT2D eigenvalue weighted by Gasteiger charge is -2.31. The smallest absolute Gasteiger partial charge is 0.276 e. The molecule has 0 radical (unpaired) electrons. The lowest BCUT2D eigenvalue weighted by molar-refractivity contribution is 0.0962. The van der Waals surface area contributed by atoms with E-state index in [1.165, 1.54) is 41.1 Å². The minimum atomic E-state index is -0.352. The van der Waals surface area contributed by atoms with Gasteiger partial charge in [-0.05, 0) is 66.7 Å². The van der Waals surface area contributed by atoms with E-state index in [2.05, 4.69) is 28.7 Å². The maximum Gasteiger partial charge on any atom is 0.276 e. The van der Waals surface area contributed by atoms with Crippen molar-refractivity contribution < 1.29 is 14.3 Å². The van der Waals surface area contributed by atoms with E-state index in [0.29, 0.717) is 41.3 Å². The van der Waals surface area contributed by atoms with Crippen LogP contribution < -0.4 is 15.8 Å². The molecule has 4 heterocycles. The molecule has 0 saturated carbocycles. The maximum atomic E-state index is 13.6. The van der Waals surface area contributed by atoms with Gasteiger partial charge in [0.15, 0.2) is 0 Å². The Kier molecular flexibility index (Phi) is 6.56. The molecular weight excluding hydrogens is 485 g/mol. The Hall–Kier alpha value is -3.98. The van der Waals surface area contributed by atoms with Gasteiger partial charge in [-0.15, -0.1) is 0 Å². The number of aliphatic hydroxyl groups excluding tert-OH is 1. The molecule has 3 aromatic rings. The summed E-state index contributed by atoms with van der Waals surface area (Å²) in [7, 11) is 1.63. The summed E-state index contributed by atoms with van der Waals surface area (Å²) in [6, 6.07) is 5.45. The lowest BCUT2D eigenvalue weighted by atomic mass is 9.90. The first kappa shape index (κ1) is 25.7. The van der Waals surface area contributed by atoms with Crippen LogP contribution in [0.2, 0.25) is 0 Å². The number of allylic oxidation sites excluding steroid dienone is 3. The number of aromatic nitrogens is 3. The van der Waals surface area contributed by atoms with Crippen molar-refractivity contribution in [1.29, 1.82) is 0 Å². The van der Waals surface area contributed by atoms with Crippen molar-refractivity contribution in [2.24, 2.45) is 12.5 Å². The van der Waals surface area contributed by atoms with Crippen LogP contribution in [0.25, 0.3) is 11.1 Å². The number of aryl methyl sites for hydroxylation is 1. The minimum absolute atomic E-state index is 0.132. The number of nitrogens with one attached hydrogen (secondary N) is 1. The van der Waals surface area contributed by atoms with E-state index in [1.807, 2.05) is 6.07 Å². The summed E-state index contributed by atoms with van der Waals surface area (Å²) in [4.78, 5) is 32.5. The SMILES string of the molecule is C/C(F)=C\C=C\Nc1cc(-c2ccnc(N3CCn4c(cc5c4CC(C)(C)C5)C3=O)c2CO)cn(C)c1=O. The average Bonchev–Trinajstić information content (AvgIpc) is 3.36. The van der Waals surface area contributed by atoms with Crippen LogP contribution >= 0.6 is 0 Å². The van der Waals surface area contributed by atoms with E-state index < -0.39 is 0 Å². The Labute approximate surface area is 220 Å². The van der Waals surface area contributed by atoms with Gasteiger partial charge in [0.05, 0.1) is 12.4 Å². The first-order valence-electron chi connectivity index (χ1n) is 12.7. The predicted octanol–water partition coefficient (Wildman–Crippen LogP) is 4.33. The number of rotatable bonds is 6. The number of pyridine rings is 2. The van der Waals surface area contributed by atoms with E-state index >= 15 is 0 Å². The molecule has 0 atom stereocenters. The fourth-order valence-electron chi connectivity index (χ4n) is 5.53. The van der Waals surface area contributed by atoms with Gasteiger partial charge in [-0.2, -0.15) is 0 Å². The molecule has 0 unspecified atom stereocenters. The molecule has 2 aliphatic rings. The number of hydrogen-bond acceptors (Lipinski definition) is 5. The highest BCUT2D eigenvalue weighted by Gasteiger charge is 2.37. The highest BCUT2D eigenvalue weighted by Crippen LogP contribution is 2.40. The molecule has 3 aromatic heterocycles. The van der Waals surface area contributed by atoms with Crippen LogP contribution in [0.5, 0.6) is 0 Å². The zero-order valence-corrected chi connectivity index (χ0v) is 22.1. The van der Waals surface area contributed by atoms with Crippen molar-refractivity contribution in [1.82, 2.24) is 14.1 Å². The second-order valence-corrected chi connectivity index (χ2v) is 10.8. The predicted molar refractivity (Wildman–Crippen MR) is 146 cm³/mol. The normalized spacial score (nSPS) is 16.7. The molecule has 2 N–H and O–H groups in total. The van der Waals surface area contributed by atoms with Crippen molar-refractivity contribution in [3.8, 4) is 11.1 Å². The molecule has 198 valence electrons. The van der Waals surface area contributed by atoms with Crippen LogP contribution in [0.15, 0.2) is 59.6 Å². The zero-order chi connectivity index (χ0) is 27.2. The minimum Gasteiger partial charge on any atom is -0.392 e. The molecule has 9 heteroatoms. The quantitative estimate of drug-likeness (QED) is 0.475. The van der Waals surface area contributed by atoms with Gasteiger partial charge in [-0.1, -0.05) is 13.8 Å². The standard InChI is InChI=1S/C29H32FN5O3/c1-18(30)6-5-8-31-23-12-20(16-33(4)27(23)37)21-7-9-32-26(22(21)17-36)35-11-10-34-24(28(35)38)13-19-14-29(2,3)15-25(19)34/h5-9,12-13,16,31,36H,10-11,14-15,17H2,1-4H3/b8-5+,18-6+. The topological polar surface area (TPSA) is 92.4 Å². The van der Waals surface area contributed by atoms with Crippen molar-refractivity contribution in [2.45, 2.75) is 46.8 Å². The summed E-state index contributed by atoms with van der Waals surface area (Å²) in [5.74, 6) is -0.0729. The molecule has 8 nitrogen and oxygen atoms in total. The van der Waals surface area contributed by atoms with Gasteiger partial charge < -0.3 is 19.6 Å². The largest absolute Gasteiger partial charge is 0.392 e. The molecule has 1 aliphatic heterocycles. The van der Waals surface area contributed by atoms with Gasteiger partial charge >= 0.3 is 0 Å². The van der Waals surface area contributed by atoms with E-state index in [9.17, 15) is 19.1 Å². The number of anilines is 2. The number of hydrogen-bond donors (Lipinski definition) is 2. The average molecular weight is 518 g/mol. The van der Waals surface area contributed by atoms with E-state index in [-0.39, 0.29) is 35.0 Å². The summed E-state index contributed by atoms with van der Waals surface area (Å²) < 4.78 is 16.5. The van der Waals surface area contributed by atoms with Crippen LogP contribution in [-0.4, -0.2) is 31.7 Å². The number of carbonyl (C=O) groups is 1. The van der Waals surface area contributed by atoms with Crippen LogP contribution in [0.1, 0.15) is 48.1 Å². The Morgan fingerprint density at radius 1 is 1.24 bits per heavy atom. The molecule has 0 bridgehead atoms. The van der Waals surface area contributed by atoms with Crippen LogP contribution in [-0.2, 0) is 33.0 Å². The van der Waals surface area contributed by atoms with Crippen molar-refractivity contribution >= 4 is 17.4 Å². The number of aliphatic hydroxyl groups is 1. The van der Waals surface area contributed by atoms with Crippen LogP contribution in [0, 0.1) is 5.41 Å². The molecule has 0 aromatic carbocycles. The Morgan fingerprint density at radius 3 is 2.76 bits per heavy atom. The molecule has 1 aliphatic carbocycles. The zero-order valence-electron chi connectivity index (χ0n) is 22.1. The summed E-state index contributed by atoms with van der Waals surface area (Å²) in [5.41, 5.74) is 5.21. The van der Waals surface area contributed by atoms with Gasteiger partial charge in [-0.3, -0.25) is 14.5 Å². The van der Waals surface area contributed by atoms with Gasteiger partial charge in [0, 0.05) is 55.6 Å². The molecule has 0 spiro atoms. The third-order valence-corrected chi connectivity index (χ3v) is 7.23. The van der Waals surface area contributed by atoms with Gasteiger partial charge in [-0.25, -0.2) is 9.37 Å². The Morgan fingerprint density at radius 2 is 2.03 bits per heavy atom. The van der Waals surface area contributed by atoms with Crippen molar-refractivity contribution in [3.63, 3.8) is 0 Å². The number of halogens is 1. The monoisotopic (exact) mass is 517 g/mol. The third kappa shape index (κ3) is 4.58. The van der Waals surface area contributed by atoms with Crippen LogP contribution in [0.4, 0.5) is 15.9 Å². The van der Waals surface area contributed by atoms with E-state index in [1.54, 1.807) is 36.5 Å². The van der Waals surface area contributed by atoms with Crippen molar-refractivity contribution in [2.75, 3.05) is 16.8 Å². The summed E-state index contributed by atoms with van der Waals surface area (Å²) in [6.45, 7) is 6.61. The molecule has 5 rings (SSSR count). The second kappa shape index (κ2) is 9.72. The molecule has 1 amide bonds. The number of amides is 1. The highest BCUT2D eigenvalue weighted by molar-refractivity contribution is 6.06. The molecule has 0 saturated heterocycles. The Balaban J connectivity index is 1.51. The first-order chi connectivity index (χ1) is 18.1. The fourth-order valence-corrected chi connectivity index (χ4v) is 5.53. The number of nitrogens with zero attached hydrogens (tertiary/aromatic N) is 4. The maximum absolute atomic E-state index is 13.6. The molecule has 0 fully saturated rings. The Bertz CT molecular complexity index is 1540. The summed E-state index contributed by atoms with van der Waals surface area (Å²) >= 11 is 0.